The number of aromatic nitrogens is 2. The summed E-state index contributed by atoms with van der Waals surface area (Å²) in [6.07, 6.45) is 5.62. The van der Waals surface area contributed by atoms with Gasteiger partial charge in [0.15, 0.2) is 0 Å². The lowest BCUT2D eigenvalue weighted by Crippen LogP contribution is -2.49. The number of carbonyl (C=O) groups is 2. The summed E-state index contributed by atoms with van der Waals surface area (Å²) in [7, 11) is 0. The Bertz CT molecular complexity index is 751. The molecule has 4 rings (SSSR count). The third-order valence-electron chi connectivity index (χ3n) is 5.11. The van der Waals surface area contributed by atoms with E-state index in [-0.39, 0.29) is 17.7 Å². The van der Waals surface area contributed by atoms with Gasteiger partial charge in [-0.05, 0) is 36.8 Å². The summed E-state index contributed by atoms with van der Waals surface area (Å²) in [5, 5.41) is 9.36. The van der Waals surface area contributed by atoms with Gasteiger partial charge in [-0.2, -0.15) is 5.10 Å². The predicted molar refractivity (Wildman–Crippen MR) is 95.1 cm³/mol. The Balaban J connectivity index is 1.42. The van der Waals surface area contributed by atoms with Crippen molar-refractivity contribution in [3.8, 4) is 0 Å². The van der Waals surface area contributed by atoms with Crippen LogP contribution < -0.4 is 5.32 Å². The zero-order valence-corrected chi connectivity index (χ0v) is 14.9. The van der Waals surface area contributed by atoms with Crippen LogP contribution in [0.5, 0.6) is 0 Å². The number of nitrogens with one attached hydrogen (secondary N) is 1. The smallest absolute Gasteiger partial charge is 0.246 e. The molecule has 0 bridgehead atoms. The Kier molecular flexibility index (Phi) is 4.57. The van der Waals surface area contributed by atoms with Crippen LogP contribution in [0.3, 0.4) is 0 Å². The molecule has 1 saturated carbocycles. The van der Waals surface area contributed by atoms with Crippen LogP contribution in [0.25, 0.3) is 0 Å². The minimum absolute atomic E-state index is 0.0624. The summed E-state index contributed by atoms with van der Waals surface area (Å²) >= 11 is 1.69. The van der Waals surface area contributed by atoms with Gasteiger partial charge in [-0.1, -0.05) is 12.5 Å². The molecule has 2 amide bonds. The maximum absolute atomic E-state index is 12.7. The molecule has 1 aliphatic heterocycles. The Morgan fingerprint density at radius 2 is 2.20 bits per heavy atom. The second-order valence-electron chi connectivity index (χ2n) is 6.75. The van der Waals surface area contributed by atoms with Gasteiger partial charge < -0.3 is 10.2 Å². The number of amides is 2. The Labute approximate surface area is 150 Å². The first-order valence-electron chi connectivity index (χ1n) is 8.83. The molecule has 2 aromatic heterocycles. The van der Waals surface area contributed by atoms with Crippen molar-refractivity contribution in [2.45, 2.75) is 38.3 Å². The predicted octanol–water partition coefficient (Wildman–Crippen LogP) is 1.99. The van der Waals surface area contributed by atoms with Crippen molar-refractivity contribution in [3.63, 3.8) is 0 Å². The molecule has 0 radical (unpaired) electrons. The quantitative estimate of drug-likeness (QED) is 0.889. The molecule has 0 saturated heterocycles. The highest BCUT2D eigenvalue weighted by atomic mass is 32.1. The Hall–Kier alpha value is -2.15. The number of rotatable bonds is 5. The molecule has 1 atom stereocenters. The average Bonchev–Trinajstić information content (AvgIpc) is 3.23. The maximum Gasteiger partial charge on any atom is 0.246 e. The molecule has 0 aromatic carbocycles. The molecule has 132 valence electrons. The molecule has 1 fully saturated rings. The van der Waals surface area contributed by atoms with Crippen molar-refractivity contribution in [1.82, 2.24) is 20.0 Å². The summed E-state index contributed by atoms with van der Waals surface area (Å²) < 4.78 is 1.77. The normalized spacial score (nSPS) is 20.0. The van der Waals surface area contributed by atoms with Crippen LogP contribution >= 0.6 is 11.3 Å². The van der Waals surface area contributed by atoms with Gasteiger partial charge in [-0.3, -0.25) is 14.3 Å². The summed E-state index contributed by atoms with van der Waals surface area (Å²) in [4.78, 5) is 28.4. The van der Waals surface area contributed by atoms with Crippen LogP contribution in [0.2, 0.25) is 0 Å². The number of nitrogens with zero attached hydrogens (tertiary/aromatic N) is 3. The van der Waals surface area contributed by atoms with Crippen molar-refractivity contribution in [3.05, 3.63) is 40.3 Å². The van der Waals surface area contributed by atoms with Gasteiger partial charge >= 0.3 is 0 Å². The fraction of sp³-hybridized carbons (Fsp3) is 0.500. The van der Waals surface area contributed by atoms with Crippen LogP contribution in [0.4, 0.5) is 0 Å². The molecule has 1 N–H and O–H groups in total. The van der Waals surface area contributed by atoms with Gasteiger partial charge in [0.25, 0.3) is 0 Å². The van der Waals surface area contributed by atoms with Crippen molar-refractivity contribution >= 4 is 23.2 Å². The molecule has 6 nitrogen and oxygen atoms in total. The molecule has 2 aliphatic rings. The number of hydrogen-bond donors (Lipinski definition) is 1. The van der Waals surface area contributed by atoms with Crippen LogP contribution in [0, 0.1) is 5.92 Å². The van der Waals surface area contributed by atoms with E-state index in [9.17, 15) is 9.59 Å². The van der Waals surface area contributed by atoms with E-state index >= 15 is 0 Å². The second-order valence-corrected chi connectivity index (χ2v) is 7.78. The van der Waals surface area contributed by atoms with E-state index < -0.39 is 6.04 Å². The van der Waals surface area contributed by atoms with E-state index in [1.807, 2.05) is 22.4 Å². The van der Waals surface area contributed by atoms with Gasteiger partial charge in [0.2, 0.25) is 11.8 Å². The van der Waals surface area contributed by atoms with Gasteiger partial charge in [-0.15, -0.1) is 11.3 Å². The lowest BCUT2D eigenvalue weighted by atomic mass is 9.84. The minimum atomic E-state index is -0.439. The number of thiophene rings is 1. The topological polar surface area (TPSA) is 67.2 Å². The van der Waals surface area contributed by atoms with Gasteiger partial charge in [-0.25, -0.2) is 0 Å². The van der Waals surface area contributed by atoms with E-state index in [2.05, 4.69) is 16.5 Å². The van der Waals surface area contributed by atoms with Gasteiger partial charge in [0, 0.05) is 23.5 Å². The Morgan fingerprint density at radius 1 is 1.32 bits per heavy atom. The van der Waals surface area contributed by atoms with E-state index in [0.717, 1.165) is 31.4 Å². The van der Waals surface area contributed by atoms with E-state index in [4.69, 9.17) is 0 Å². The highest BCUT2D eigenvalue weighted by Crippen LogP contribution is 2.31. The zero-order valence-electron chi connectivity index (χ0n) is 14.1. The average molecular weight is 358 g/mol. The Morgan fingerprint density at radius 3 is 2.92 bits per heavy atom. The molecule has 0 spiro atoms. The standard InChI is InChI=1S/C18H22N4O2S/c23-17(19-8-7-15-5-2-10-25-15)16-12-21(18(24)13-3-1-4-13)11-14-6-9-20-22(14)16/h2,5-6,9-10,13,16H,1,3-4,7-8,11-12H2,(H,19,23)/t16-/m1/s1. The van der Waals surface area contributed by atoms with Crippen molar-refractivity contribution in [2.75, 3.05) is 13.1 Å². The van der Waals surface area contributed by atoms with Crippen LogP contribution in [0.15, 0.2) is 29.8 Å². The molecule has 1 aliphatic carbocycles. The summed E-state index contributed by atoms with van der Waals surface area (Å²) in [5.74, 6) is 0.278. The molecule has 7 heteroatoms. The molecular weight excluding hydrogens is 336 g/mol. The first-order chi connectivity index (χ1) is 12.2. The van der Waals surface area contributed by atoms with Crippen molar-refractivity contribution in [2.24, 2.45) is 5.92 Å². The van der Waals surface area contributed by atoms with Crippen LogP contribution in [-0.2, 0) is 22.6 Å². The van der Waals surface area contributed by atoms with Crippen LogP contribution in [0.1, 0.15) is 35.9 Å². The zero-order chi connectivity index (χ0) is 17.2. The van der Waals surface area contributed by atoms with Crippen LogP contribution in [-0.4, -0.2) is 39.6 Å². The second kappa shape index (κ2) is 7.00. The number of fused-ring (bicyclic) bond motifs is 1. The molecule has 25 heavy (non-hydrogen) atoms. The minimum Gasteiger partial charge on any atom is -0.354 e. The van der Waals surface area contributed by atoms with Crippen molar-refractivity contribution < 1.29 is 9.59 Å². The number of hydrogen-bond acceptors (Lipinski definition) is 4. The highest BCUT2D eigenvalue weighted by Gasteiger charge is 2.36. The fourth-order valence-electron chi connectivity index (χ4n) is 3.45. The molecule has 0 unspecified atom stereocenters. The molecule has 3 heterocycles. The van der Waals surface area contributed by atoms with E-state index in [1.54, 1.807) is 22.2 Å². The van der Waals surface area contributed by atoms with Gasteiger partial charge in [0.05, 0.1) is 18.8 Å². The largest absolute Gasteiger partial charge is 0.354 e. The lowest BCUT2D eigenvalue weighted by molar-refractivity contribution is -0.141. The van der Waals surface area contributed by atoms with Gasteiger partial charge in [0.1, 0.15) is 6.04 Å². The summed E-state index contributed by atoms with van der Waals surface area (Å²) in [5.41, 5.74) is 0.928. The maximum atomic E-state index is 12.7. The van der Waals surface area contributed by atoms with Crippen molar-refractivity contribution in [1.29, 1.82) is 0 Å². The first kappa shape index (κ1) is 16.3. The first-order valence-corrected chi connectivity index (χ1v) is 9.71. The van der Waals surface area contributed by atoms with E-state index in [1.165, 1.54) is 4.88 Å². The molecule has 2 aromatic rings. The monoisotopic (exact) mass is 358 g/mol. The third kappa shape index (κ3) is 3.33. The molecular formula is C18H22N4O2S. The fourth-order valence-corrected chi connectivity index (χ4v) is 4.16. The summed E-state index contributed by atoms with van der Waals surface area (Å²) in [6.45, 7) is 1.56. The lowest BCUT2D eigenvalue weighted by Gasteiger charge is -2.37. The SMILES string of the molecule is O=C(NCCc1cccs1)[C@H]1CN(C(=O)C2CCC2)Cc2ccnn21. The highest BCUT2D eigenvalue weighted by molar-refractivity contribution is 7.09. The summed E-state index contributed by atoms with van der Waals surface area (Å²) in [6, 6.07) is 5.54. The third-order valence-corrected chi connectivity index (χ3v) is 6.05. The van der Waals surface area contributed by atoms with E-state index in [0.29, 0.717) is 19.6 Å². The number of carbonyl (C=O) groups excluding carboxylic acids is 2.